The van der Waals surface area contributed by atoms with E-state index in [9.17, 15) is 0 Å². The van der Waals surface area contributed by atoms with Crippen molar-refractivity contribution in [2.24, 2.45) is 0 Å². The molecule has 28 heavy (non-hydrogen) atoms. The third kappa shape index (κ3) is 4.44. The van der Waals surface area contributed by atoms with Gasteiger partial charge >= 0.3 is 0 Å². The zero-order valence-electron chi connectivity index (χ0n) is 15.5. The number of aryl methyl sites for hydroxylation is 2. The largest absolute Gasteiger partial charge is 0.396 e. The highest BCUT2D eigenvalue weighted by atomic mass is 32.1. The minimum atomic E-state index is 0.188. The van der Waals surface area contributed by atoms with Crippen LogP contribution in [0.15, 0.2) is 54.7 Å². The van der Waals surface area contributed by atoms with Gasteiger partial charge in [-0.15, -0.1) is 0 Å². The minimum absolute atomic E-state index is 0.188. The average molecular weight is 392 g/mol. The summed E-state index contributed by atoms with van der Waals surface area (Å²) in [6.07, 6.45) is 3.33. The number of aliphatic hydroxyl groups excluding tert-OH is 1. The van der Waals surface area contributed by atoms with Gasteiger partial charge in [-0.25, -0.2) is 15.0 Å². The van der Waals surface area contributed by atoms with E-state index in [0.717, 1.165) is 51.2 Å². The molecule has 0 aliphatic carbocycles. The Morgan fingerprint density at radius 1 is 0.964 bits per heavy atom. The molecule has 0 saturated carbocycles. The number of hydrogen-bond donors (Lipinski definition) is 3. The number of anilines is 4. The fourth-order valence-electron chi connectivity index (χ4n) is 2.82. The van der Waals surface area contributed by atoms with E-state index in [1.54, 1.807) is 6.20 Å². The molecule has 3 N–H and O–H groups in total. The molecule has 142 valence electrons. The zero-order valence-corrected chi connectivity index (χ0v) is 16.3. The Balaban J connectivity index is 1.51. The van der Waals surface area contributed by atoms with Gasteiger partial charge in [0.2, 0.25) is 0 Å². The Hall–Kier alpha value is -3.03. The van der Waals surface area contributed by atoms with Crippen LogP contribution in [0.2, 0.25) is 0 Å². The SMILES string of the molecule is Cc1ccc(Nc2ccc3nc(Nc4cc(CCCO)ccn4)sc3n2)cc1. The Labute approximate surface area is 167 Å². The summed E-state index contributed by atoms with van der Waals surface area (Å²) in [7, 11) is 0. The quantitative estimate of drug-likeness (QED) is 0.419. The molecule has 6 nitrogen and oxygen atoms in total. The lowest BCUT2D eigenvalue weighted by Crippen LogP contribution is -1.95. The van der Waals surface area contributed by atoms with Gasteiger partial charge < -0.3 is 15.7 Å². The topological polar surface area (TPSA) is 83.0 Å². The van der Waals surface area contributed by atoms with E-state index in [4.69, 9.17) is 5.11 Å². The lowest BCUT2D eigenvalue weighted by Gasteiger charge is -2.05. The predicted octanol–water partition coefficient (Wildman–Crippen LogP) is 4.81. The van der Waals surface area contributed by atoms with Crippen LogP contribution in [0.1, 0.15) is 17.5 Å². The smallest absolute Gasteiger partial charge is 0.190 e. The van der Waals surface area contributed by atoms with Crippen molar-refractivity contribution in [2.45, 2.75) is 19.8 Å². The Morgan fingerprint density at radius 3 is 2.64 bits per heavy atom. The molecule has 3 heterocycles. The first-order valence-electron chi connectivity index (χ1n) is 9.14. The normalized spacial score (nSPS) is 10.9. The maximum Gasteiger partial charge on any atom is 0.190 e. The van der Waals surface area contributed by atoms with Crippen LogP contribution in [0.3, 0.4) is 0 Å². The number of benzene rings is 1. The van der Waals surface area contributed by atoms with Crippen LogP contribution >= 0.6 is 11.3 Å². The third-order valence-electron chi connectivity index (χ3n) is 4.26. The maximum atomic E-state index is 8.99. The number of rotatable bonds is 7. The molecule has 0 amide bonds. The summed E-state index contributed by atoms with van der Waals surface area (Å²) < 4.78 is 0. The predicted molar refractivity (Wildman–Crippen MR) is 115 cm³/mol. The van der Waals surface area contributed by atoms with Crippen molar-refractivity contribution in [1.82, 2.24) is 15.0 Å². The summed E-state index contributed by atoms with van der Waals surface area (Å²) in [5.74, 6) is 1.53. The first-order valence-corrected chi connectivity index (χ1v) is 9.95. The molecule has 0 aliphatic rings. The van der Waals surface area contributed by atoms with Crippen LogP contribution in [0.4, 0.5) is 22.5 Å². The molecule has 0 aliphatic heterocycles. The van der Waals surface area contributed by atoms with E-state index in [1.165, 1.54) is 16.9 Å². The van der Waals surface area contributed by atoms with E-state index in [1.807, 2.05) is 36.4 Å². The van der Waals surface area contributed by atoms with Gasteiger partial charge in [-0.3, -0.25) is 0 Å². The number of pyridine rings is 2. The van der Waals surface area contributed by atoms with Gasteiger partial charge in [0.15, 0.2) is 5.13 Å². The Morgan fingerprint density at radius 2 is 1.82 bits per heavy atom. The van der Waals surface area contributed by atoms with Crippen LogP contribution in [0.5, 0.6) is 0 Å². The summed E-state index contributed by atoms with van der Waals surface area (Å²) in [4.78, 5) is 14.5. The molecule has 0 radical (unpaired) electrons. The zero-order chi connectivity index (χ0) is 19.3. The van der Waals surface area contributed by atoms with E-state index in [0.29, 0.717) is 0 Å². The van der Waals surface area contributed by atoms with Crippen molar-refractivity contribution >= 4 is 44.1 Å². The molecule has 4 aromatic rings. The molecule has 0 spiro atoms. The number of hydrogen-bond acceptors (Lipinski definition) is 7. The second-order valence-corrected chi connectivity index (χ2v) is 7.51. The van der Waals surface area contributed by atoms with Gasteiger partial charge in [0.25, 0.3) is 0 Å². The van der Waals surface area contributed by atoms with E-state index < -0.39 is 0 Å². The lowest BCUT2D eigenvalue weighted by atomic mass is 10.1. The van der Waals surface area contributed by atoms with Gasteiger partial charge in [-0.05, 0) is 61.7 Å². The first kappa shape index (κ1) is 18.3. The second-order valence-electron chi connectivity index (χ2n) is 6.53. The average Bonchev–Trinajstić information content (AvgIpc) is 3.10. The number of thiazole rings is 1. The number of fused-ring (bicyclic) bond motifs is 1. The third-order valence-corrected chi connectivity index (χ3v) is 5.14. The fourth-order valence-corrected chi connectivity index (χ4v) is 3.66. The van der Waals surface area contributed by atoms with Crippen LogP contribution in [-0.2, 0) is 6.42 Å². The Kier molecular flexibility index (Phi) is 5.45. The molecular formula is C21H21N5OS. The van der Waals surface area contributed by atoms with Crippen LogP contribution in [-0.4, -0.2) is 26.7 Å². The highest BCUT2D eigenvalue weighted by Crippen LogP contribution is 2.28. The van der Waals surface area contributed by atoms with Crippen molar-refractivity contribution < 1.29 is 5.11 Å². The van der Waals surface area contributed by atoms with Gasteiger partial charge in [0.1, 0.15) is 22.0 Å². The summed E-state index contributed by atoms with van der Waals surface area (Å²) in [5.41, 5.74) is 4.21. The minimum Gasteiger partial charge on any atom is -0.396 e. The fraction of sp³-hybridized carbons (Fsp3) is 0.190. The van der Waals surface area contributed by atoms with Crippen molar-refractivity contribution in [3.63, 3.8) is 0 Å². The highest BCUT2D eigenvalue weighted by Gasteiger charge is 2.08. The van der Waals surface area contributed by atoms with Gasteiger partial charge in [0.05, 0.1) is 0 Å². The van der Waals surface area contributed by atoms with Gasteiger partial charge in [-0.2, -0.15) is 0 Å². The van der Waals surface area contributed by atoms with Crippen molar-refractivity contribution in [1.29, 1.82) is 0 Å². The number of nitrogens with one attached hydrogen (secondary N) is 2. The lowest BCUT2D eigenvalue weighted by molar-refractivity contribution is 0.288. The Bertz CT molecular complexity index is 1080. The van der Waals surface area contributed by atoms with Crippen molar-refractivity contribution in [3.8, 4) is 0 Å². The molecule has 0 unspecified atom stereocenters. The molecule has 0 atom stereocenters. The molecule has 3 aromatic heterocycles. The maximum absolute atomic E-state index is 8.99. The molecule has 4 rings (SSSR count). The number of aromatic nitrogens is 3. The summed E-state index contributed by atoms with van der Waals surface area (Å²) in [6.45, 7) is 2.25. The van der Waals surface area contributed by atoms with Gasteiger partial charge in [-0.1, -0.05) is 29.0 Å². The second kappa shape index (κ2) is 8.33. The molecule has 0 fully saturated rings. The summed E-state index contributed by atoms with van der Waals surface area (Å²) in [6, 6.07) is 16.1. The number of aliphatic hydroxyl groups is 1. The molecule has 0 saturated heterocycles. The monoisotopic (exact) mass is 391 g/mol. The van der Waals surface area contributed by atoms with Crippen LogP contribution in [0.25, 0.3) is 10.3 Å². The molecule has 0 bridgehead atoms. The first-order chi connectivity index (χ1) is 13.7. The van der Waals surface area contributed by atoms with Crippen LogP contribution < -0.4 is 10.6 Å². The standard InChI is InChI=1S/C21H21N5OS/c1-14-4-6-16(7-5-14)23-18-9-8-17-20(25-18)28-21(24-17)26-19-13-15(3-2-12-27)10-11-22-19/h4-11,13,27H,2-3,12H2,1H3,(H,23,25)(H,22,24,26). The van der Waals surface area contributed by atoms with Gasteiger partial charge in [0, 0.05) is 18.5 Å². The molecular weight excluding hydrogens is 370 g/mol. The number of nitrogens with zero attached hydrogens (tertiary/aromatic N) is 3. The van der Waals surface area contributed by atoms with Crippen LogP contribution in [0, 0.1) is 6.92 Å². The summed E-state index contributed by atoms with van der Waals surface area (Å²) in [5, 5.41) is 16.3. The van der Waals surface area contributed by atoms with E-state index in [2.05, 4.69) is 44.6 Å². The molecule has 1 aromatic carbocycles. The summed E-state index contributed by atoms with van der Waals surface area (Å²) >= 11 is 1.49. The molecule has 7 heteroatoms. The van der Waals surface area contributed by atoms with Crippen molar-refractivity contribution in [3.05, 3.63) is 65.9 Å². The van der Waals surface area contributed by atoms with Crippen molar-refractivity contribution in [2.75, 3.05) is 17.2 Å². The highest BCUT2D eigenvalue weighted by molar-refractivity contribution is 7.21. The van der Waals surface area contributed by atoms with E-state index in [-0.39, 0.29) is 6.61 Å². The van der Waals surface area contributed by atoms with E-state index >= 15 is 0 Å².